The molecule has 0 aliphatic heterocycles. The first-order valence-corrected chi connectivity index (χ1v) is 11.6. The zero-order valence-electron chi connectivity index (χ0n) is 16.0. The first-order valence-electron chi connectivity index (χ1n) is 8.86. The van der Waals surface area contributed by atoms with Crippen LogP contribution in [0.1, 0.15) is 22.8 Å². The van der Waals surface area contributed by atoms with Gasteiger partial charge in [0.25, 0.3) is 5.91 Å². The summed E-state index contributed by atoms with van der Waals surface area (Å²) in [5.41, 5.74) is 2.36. The van der Waals surface area contributed by atoms with Crippen molar-refractivity contribution in [1.29, 1.82) is 0 Å². The molecule has 0 unspecified atom stereocenters. The molecule has 1 heterocycles. The fraction of sp³-hybridized carbons (Fsp3) is 0.300. The molecule has 148 valence electrons. The van der Waals surface area contributed by atoms with Gasteiger partial charge < -0.3 is 9.30 Å². The zero-order valence-corrected chi connectivity index (χ0v) is 17.6. The Morgan fingerprint density at radius 1 is 1.21 bits per heavy atom. The summed E-state index contributed by atoms with van der Waals surface area (Å²) in [6.07, 6.45) is 1.11. The molecular weight excluding hydrogens is 396 g/mol. The van der Waals surface area contributed by atoms with Crippen LogP contribution >= 0.6 is 11.3 Å². The topological polar surface area (TPSA) is 77.7 Å². The number of fused-ring (bicyclic) bond motifs is 1. The summed E-state index contributed by atoms with van der Waals surface area (Å²) >= 11 is 1.43. The van der Waals surface area contributed by atoms with E-state index >= 15 is 0 Å². The Balaban J connectivity index is 2.07. The van der Waals surface area contributed by atoms with Gasteiger partial charge in [0.1, 0.15) is 0 Å². The summed E-state index contributed by atoms with van der Waals surface area (Å²) < 4.78 is 32.0. The molecule has 2 aromatic carbocycles. The van der Waals surface area contributed by atoms with Crippen LogP contribution in [0.3, 0.4) is 0 Å². The van der Waals surface area contributed by atoms with Gasteiger partial charge in [-0.05, 0) is 49.7 Å². The molecule has 0 spiro atoms. The molecule has 3 rings (SSSR count). The fourth-order valence-corrected chi connectivity index (χ4v) is 4.61. The normalized spacial score (nSPS) is 12.6. The molecule has 0 fully saturated rings. The number of thiazole rings is 1. The molecule has 0 N–H and O–H groups in total. The quantitative estimate of drug-likeness (QED) is 0.576. The molecule has 0 saturated heterocycles. The Morgan fingerprint density at radius 3 is 2.71 bits per heavy atom. The minimum atomic E-state index is -3.39. The van der Waals surface area contributed by atoms with Crippen molar-refractivity contribution in [3.63, 3.8) is 0 Å². The molecule has 0 atom stereocenters. The van der Waals surface area contributed by atoms with E-state index in [1.54, 1.807) is 12.1 Å². The van der Waals surface area contributed by atoms with Crippen LogP contribution in [-0.2, 0) is 21.1 Å². The molecule has 1 amide bonds. The van der Waals surface area contributed by atoms with Crippen LogP contribution in [0.2, 0.25) is 0 Å². The second kappa shape index (κ2) is 8.38. The second-order valence-electron chi connectivity index (χ2n) is 6.42. The van der Waals surface area contributed by atoms with Crippen molar-refractivity contribution < 1.29 is 17.9 Å². The van der Waals surface area contributed by atoms with Crippen LogP contribution in [0, 0.1) is 6.92 Å². The number of nitrogens with zero attached hydrogens (tertiary/aromatic N) is 2. The number of ether oxygens (including phenoxy) is 1. The Hall–Kier alpha value is -2.29. The van der Waals surface area contributed by atoms with Gasteiger partial charge in [0.2, 0.25) is 0 Å². The molecule has 0 saturated carbocycles. The molecule has 6 nitrogen and oxygen atoms in total. The van der Waals surface area contributed by atoms with Gasteiger partial charge in [0.15, 0.2) is 14.6 Å². The van der Waals surface area contributed by atoms with Gasteiger partial charge in [-0.15, -0.1) is 0 Å². The van der Waals surface area contributed by atoms with Gasteiger partial charge in [-0.3, -0.25) is 4.79 Å². The number of carbonyl (C=O) groups is 1. The molecule has 0 aliphatic carbocycles. The van der Waals surface area contributed by atoms with Crippen molar-refractivity contribution in [2.24, 2.45) is 4.99 Å². The molecule has 8 heteroatoms. The molecule has 0 bridgehead atoms. The maximum atomic E-state index is 12.7. The number of aryl methyl sites for hydroxylation is 1. The predicted octanol–water partition coefficient (Wildman–Crippen LogP) is 3.19. The maximum absolute atomic E-state index is 12.7. The lowest BCUT2D eigenvalue weighted by atomic mass is 10.2. The standard InChI is InChI=1S/C20H22N2O4S2/c1-4-26-11-10-22-17-9-8-14(2)12-18(17)27-20(22)21-19(23)15-6-5-7-16(13-15)28(3,24)25/h5-9,12-13H,4,10-11H2,1-3H3. The third kappa shape index (κ3) is 4.57. The average molecular weight is 419 g/mol. The van der Waals surface area contributed by atoms with Crippen molar-refractivity contribution in [3.8, 4) is 0 Å². The van der Waals surface area contributed by atoms with Gasteiger partial charge in [0, 0.05) is 25.0 Å². The third-order valence-electron chi connectivity index (χ3n) is 4.21. The molecule has 1 aromatic heterocycles. The van der Waals surface area contributed by atoms with E-state index in [2.05, 4.69) is 11.1 Å². The highest BCUT2D eigenvalue weighted by atomic mass is 32.2. The maximum Gasteiger partial charge on any atom is 0.279 e. The minimum absolute atomic E-state index is 0.102. The largest absolute Gasteiger partial charge is 0.380 e. The van der Waals surface area contributed by atoms with Crippen LogP contribution < -0.4 is 4.80 Å². The number of amides is 1. The Bertz CT molecular complexity index is 1190. The van der Waals surface area contributed by atoms with E-state index in [9.17, 15) is 13.2 Å². The number of benzene rings is 2. The minimum Gasteiger partial charge on any atom is -0.380 e. The van der Waals surface area contributed by atoms with Crippen molar-refractivity contribution in [2.45, 2.75) is 25.3 Å². The highest BCUT2D eigenvalue weighted by molar-refractivity contribution is 7.90. The summed E-state index contributed by atoms with van der Waals surface area (Å²) in [5, 5.41) is 0. The molecule has 28 heavy (non-hydrogen) atoms. The van der Waals surface area contributed by atoms with Crippen molar-refractivity contribution in [3.05, 3.63) is 58.4 Å². The smallest absolute Gasteiger partial charge is 0.279 e. The van der Waals surface area contributed by atoms with E-state index in [0.29, 0.717) is 24.6 Å². The van der Waals surface area contributed by atoms with E-state index < -0.39 is 15.7 Å². The summed E-state index contributed by atoms with van der Waals surface area (Å²) in [6.45, 7) is 5.66. The SMILES string of the molecule is CCOCCn1c(=NC(=O)c2cccc(S(C)(=O)=O)c2)sc2cc(C)ccc21. The molecular formula is C20H22N2O4S2. The fourth-order valence-electron chi connectivity index (χ4n) is 2.79. The van der Waals surface area contributed by atoms with Crippen molar-refractivity contribution >= 4 is 37.3 Å². The highest BCUT2D eigenvalue weighted by Crippen LogP contribution is 2.19. The van der Waals surface area contributed by atoms with Crippen LogP contribution in [0.4, 0.5) is 0 Å². The number of carbonyl (C=O) groups excluding carboxylic acids is 1. The Morgan fingerprint density at radius 2 is 2.00 bits per heavy atom. The van der Waals surface area contributed by atoms with Gasteiger partial charge in [-0.1, -0.05) is 23.5 Å². The lowest BCUT2D eigenvalue weighted by Crippen LogP contribution is -2.19. The van der Waals surface area contributed by atoms with Crippen molar-refractivity contribution in [1.82, 2.24) is 4.57 Å². The third-order valence-corrected chi connectivity index (χ3v) is 6.36. The van der Waals surface area contributed by atoms with E-state index in [1.807, 2.05) is 30.5 Å². The number of hydrogen-bond acceptors (Lipinski definition) is 5. The molecule has 0 aliphatic rings. The number of sulfone groups is 1. The lowest BCUT2D eigenvalue weighted by Gasteiger charge is -2.05. The lowest BCUT2D eigenvalue weighted by molar-refractivity contribution is 0.0996. The second-order valence-corrected chi connectivity index (χ2v) is 9.45. The number of rotatable bonds is 6. The highest BCUT2D eigenvalue weighted by Gasteiger charge is 2.13. The zero-order chi connectivity index (χ0) is 20.3. The molecule has 0 radical (unpaired) electrons. The predicted molar refractivity (Wildman–Crippen MR) is 110 cm³/mol. The summed E-state index contributed by atoms with van der Waals surface area (Å²) in [7, 11) is -3.39. The first kappa shape index (κ1) is 20.4. The van der Waals surface area contributed by atoms with Gasteiger partial charge in [0.05, 0.1) is 21.7 Å². The van der Waals surface area contributed by atoms with E-state index in [-0.39, 0.29) is 10.5 Å². The molecule has 3 aromatic rings. The van der Waals surface area contributed by atoms with E-state index in [4.69, 9.17) is 4.74 Å². The number of aromatic nitrogens is 1. The summed E-state index contributed by atoms with van der Waals surface area (Å²) in [6, 6.07) is 12.1. The van der Waals surface area contributed by atoms with E-state index in [0.717, 1.165) is 22.0 Å². The monoisotopic (exact) mass is 418 g/mol. The van der Waals surface area contributed by atoms with Gasteiger partial charge in [-0.2, -0.15) is 4.99 Å². The van der Waals surface area contributed by atoms with Crippen LogP contribution in [0.15, 0.2) is 52.4 Å². The first-order chi connectivity index (χ1) is 13.3. The summed E-state index contributed by atoms with van der Waals surface area (Å²) in [5.74, 6) is -0.473. The van der Waals surface area contributed by atoms with E-state index in [1.165, 1.54) is 23.5 Å². The Kier molecular flexibility index (Phi) is 6.12. The Labute approximate surface area is 168 Å². The number of hydrogen-bond donors (Lipinski definition) is 0. The van der Waals surface area contributed by atoms with Crippen LogP contribution in [-0.4, -0.2) is 38.4 Å². The summed E-state index contributed by atoms with van der Waals surface area (Å²) in [4.78, 5) is 17.7. The van der Waals surface area contributed by atoms with Crippen LogP contribution in [0.25, 0.3) is 10.2 Å². The van der Waals surface area contributed by atoms with Crippen LogP contribution in [0.5, 0.6) is 0 Å². The average Bonchev–Trinajstić information content (AvgIpc) is 2.97. The van der Waals surface area contributed by atoms with Gasteiger partial charge >= 0.3 is 0 Å². The van der Waals surface area contributed by atoms with Crippen molar-refractivity contribution in [2.75, 3.05) is 19.5 Å². The van der Waals surface area contributed by atoms with Gasteiger partial charge in [-0.25, -0.2) is 8.42 Å².